The molecule has 4 heteroatoms. The molecule has 0 saturated carbocycles. The first-order chi connectivity index (χ1) is 8.29. The topological polar surface area (TPSA) is 55.6 Å². The molecule has 0 aromatic carbocycles. The highest BCUT2D eigenvalue weighted by Gasteiger charge is 2.37. The molecule has 4 nitrogen and oxygen atoms in total. The summed E-state index contributed by atoms with van der Waals surface area (Å²) in [6.07, 6.45) is 3.14. The molecule has 2 N–H and O–H groups in total. The Hall–Kier alpha value is -0.610. The van der Waals surface area contributed by atoms with E-state index < -0.39 is 5.54 Å². The predicted octanol–water partition coefficient (Wildman–Crippen LogP) is 1.78. The second-order valence-electron chi connectivity index (χ2n) is 6.15. The van der Waals surface area contributed by atoms with E-state index in [1.807, 2.05) is 0 Å². The fourth-order valence-corrected chi connectivity index (χ4v) is 3.13. The van der Waals surface area contributed by atoms with Crippen LogP contribution in [0.4, 0.5) is 0 Å². The molecule has 18 heavy (non-hydrogen) atoms. The van der Waals surface area contributed by atoms with Crippen LogP contribution in [0, 0.1) is 5.92 Å². The van der Waals surface area contributed by atoms with Crippen molar-refractivity contribution in [1.82, 2.24) is 4.90 Å². The standard InChI is InChI=1S/C14H28N2O2/c1-10(2)12-7-6-8-16(12)11(3)9-14(4,15)13(17)18-5/h10-12H,6-9,15H2,1-5H3. The fraction of sp³-hybridized carbons (Fsp3) is 0.929. The third-order valence-electron chi connectivity index (χ3n) is 4.05. The van der Waals surface area contributed by atoms with Gasteiger partial charge in [0.15, 0.2) is 0 Å². The Balaban J connectivity index is 2.64. The van der Waals surface area contributed by atoms with Gasteiger partial charge in [0.25, 0.3) is 0 Å². The Morgan fingerprint density at radius 3 is 2.61 bits per heavy atom. The SMILES string of the molecule is COC(=O)C(C)(N)CC(C)N1CCCC1C(C)C. The van der Waals surface area contributed by atoms with Crippen LogP contribution < -0.4 is 5.73 Å². The minimum atomic E-state index is -0.891. The van der Waals surface area contributed by atoms with Gasteiger partial charge in [0.05, 0.1) is 7.11 Å². The molecule has 106 valence electrons. The highest BCUT2D eigenvalue weighted by molar-refractivity contribution is 5.79. The van der Waals surface area contributed by atoms with Crippen LogP contribution in [0.5, 0.6) is 0 Å². The average Bonchev–Trinajstić information content (AvgIpc) is 2.76. The molecule has 3 unspecified atom stereocenters. The first-order valence-electron chi connectivity index (χ1n) is 6.92. The molecule has 0 aromatic rings. The molecule has 0 aliphatic carbocycles. The van der Waals surface area contributed by atoms with Gasteiger partial charge in [-0.1, -0.05) is 13.8 Å². The van der Waals surface area contributed by atoms with E-state index in [0.29, 0.717) is 24.4 Å². The van der Waals surface area contributed by atoms with Gasteiger partial charge in [-0.3, -0.25) is 9.69 Å². The zero-order valence-electron chi connectivity index (χ0n) is 12.4. The highest BCUT2D eigenvalue weighted by atomic mass is 16.5. The number of carbonyl (C=O) groups is 1. The van der Waals surface area contributed by atoms with Gasteiger partial charge in [0, 0.05) is 12.1 Å². The maximum Gasteiger partial charge on any atom is 0.325 e. The van der Waals surface area contributed by atoms with Gasteiger partial charge < -0.3 is 10.5 Å². The largest absolute Gasteiger partial charge is 0.468 e. The molecule has 0 amide bonds. The number of rotatable bonds is 5. The van der Waals surface area contributed by atoms with Gasteiger partial charge in [0.2, 0.25) is 0 Å². The summed E-state index contributed by atoms with van der Waals surface area (Å²) >= 11 is 0. The molecule has 1 aliphatic rings. The second-order valence-corrected chi connectivity index (χ2v) is 6.15. The fourth-order valence-electron chi connectivity index (χ4n) is 3.13. The van der Waals surface area contributed by atoms with Crippen molar-refractivity contribution in [3.05, 3.63) is 0 Å². The lowest BCUT2D eigenvalue weighted by atomic mass is 9.92. The summed E-state index contributed by atoms with van der Waals surface area (Å²) in [5.41, 5.74) is 5.17. The van der Waals surface area contributed by atoms with E-state index in [1.54, 1.807) is 6.92 Å². The van der Waals surface area contributed by atoms with E-state index in [2.05, 4.69) is 25.7 Å². The van der Waals surface area contributed by atoms with E-state index in [4.69, 9.17) is 10.5 Å². The molecule has 1 aliphatic heterocycles. The van der Waals surface area contributed by atoms with E-state index in [-0.39, 0.29) is 5.97 Å². The minimum Gasteiger partial charge on any atom is -0.468 e. The molecule has 0 aromatic heterocycles. The third kappa shape index (κ3) is 3.45. The Labute approximate surface area is 111 Å². The number of hydrogen-bond donors (Lipinski definition) is 1. The lowest BCUT2D eigenvalue weighted by Crippen LogP contribution is -2.52. The van der Waals surface area contributed by atoms with E-state index in [1.165, 1.54) is 20.0 Å². The Kier molecular flexibility index (Phi) is 5.17. The number of likely N-dealkylation sites (tertiary alicyclic amines) is 1. The number of carbonyl (C=O) groups excluding carboxylic acids is 1. The van der Waals surface area contributed by atoms with Crippen molar-refractivity contribution in [2.45, 2.75) is 64.6 Å². The molecule has 0 spiro atoms. The molecule has 0 bridgehead atoms. The Morgan fingerprint density at radius 2 is 2.11 bits per heavy atom. The molecule has 1 saturated heterocycles. The Bertz CT molecular complexity index is 290. The number of methoxy groups -OCH3 is 1. The first-order valence-corrected chi connectivity index (χ1v) is 6.92. The third-order valence-corrected chi connectivity index (χ3v) is 4.05. The molecular weight excluding hydrogens is 228 g/mol. The number of nitrogens with two attached hydrogens (primary N) is 1. The number of nitrogens with zero attached hydrogens (tertiary/aromatic N) is 1. The summed E-state index contributed by atoms with van der Waals surface area (Å²) in [4.78, 5) is 14.1. The van der Waals surface area contributed by atoms with Gasteiger partial charge in [-0.2, -0.15) is 0 Å². The summed E-state index contributed by atoms with van der Waals surface area (Å²) in [6.45, 7) is 9.56. The van der Waals surface area contributed by atoms with Crippen molar-refractivity contribution in [2.24, 2.45) is 11.7 Å². The Morgan fingerprint density at radius 1 is 1.50 bits per heavy atom. The summed E-state index contributed by atoms with van der Waals surface area (Å²) < 4.78 is 4.77. The minimum absolute atomic E-state index is 0.314. The summed E-state index contributed by atoms with van der Waals surface area (Å²) in [7, 11) is 1.39. The van der Waals surface area contributed by atoms with Crippen molar-refractivity contribution in [3.8, 4) is 0 Å². The van der Waals surface area contributed by atoms with Crippen molar-refractivity contribution in [2.75, 3.05) is 13.7 Å². The molecule has 3 atom stereocenters. The quantitative estimate of drug-likeness (QED) is 0.762. The first kappa shape index (κ1) is 15.4. The average molecular weight is 256 g/mol. The van der Waals surface area contributed by atoms with Crippen LogP contribution in [0.25, 0.3) is 0 Å². The lowest BCUT2D eigenvalue weighted by molar-refractivity contribution is -0.147. The smallest absolute Gasteiger partial charge is 0.325 e. The summed E-state index contributed by atoms with van der Waals surface area (Å²) in [5, 5.41) is 0. The van der Waals surface area contributed by atoms with Crippen LogP contribution in [0.1, 0.15) is 47.0 Å². The van der Waals surface area contributed by atoms with E-state index in [0.717, 1.165) is 6.54 Å². The molecule has 0 radical (unpaired) electrons. The van der Waals surface area contributed by atoms with Crippen molar-refractivity contribution < 1.29 is 9.53 Å². The second kappa shape index (κ2) is 6.02. The number of hydrogen-bond acceptors (Lipinski definition) is 4. The van der Waals surface area contributed by atoms with Crippen molar-refractivity contribution in [3.63, 3.8) is 0 Å². The highest BCUT2D eigenvalue weighted by Crippen LogP contribution is 2.28. The van der Waals surface area contributed by atoms with Gasteiger partial charge in [-0.05, 0) is 45.6 Å². The molecule has 1 fully saturated rings. The number of ether oxygens (including phenoxy) is 1. The lowest BCUT2D eigenvalue weighted by Gasteiger charge is -2.36. The van der Waals surface area contributed by atoms with Crippen LogP contribution in [0.2, 0.25) is 0 Å². The van der Waals surface area contributed by atoms with Crippen LogP contribution in [-0.2, 0) is 9.53 Å². The predicted molar refractivity (Wildman–Crippen MR) is 73.3 cm³/mol. The molecular formula is C14H28N2O2. The monoisotopic (exact) mass is 256 g/mol. The zero-order chi connectivity index (χ0) is 13.9. The van der Waals surface area contributed by atoms with E-state index in [9.17, 15) is 4.79 Å². The maximum absolute atomic E-state index is 11.6. The maximum atomic E-state index is 11.6. The summed E-state index contributed by atoms with van der Waals surface area (Å²) in [6, 6.07) is 0.933. The van der Waals surface area contributed by atoms with Gasteiger partial charge in [-0.15, -0.1) is 0 Å². The summed E-state index contributed by atoms with van der Waals surface area (Å²) in [5.74, 6) is 0.326. The zero-order valence-corrected chi connectivity index (χ0v) is 12.4. The van der Waals surface area contributed by atoms with Crippen LogP contribution in [0.3, 0.4) is 0 Å². The van der Waals surface area contributed by atoms with Crippen LogP contribution in [-0.4, -0.2) is 42.1 Å². The van der Waals surface area contributed by atoms with Gasteiger partial charge in [-0.25, -0.2) is 0 Å². The number of esters is 1. The molecule has 1 rings (SSSR count). The van der Waals surface area contributed by atoms with Crippen molar-refractivity contribution in [1.29, 1.82) is 0 Å². The van der Waals surface area contributed by atoms with Crippen LogP contribution in [0.15, 0.2) is 0 Å². The van der Waals surface area contributed by atoms with E-state index >= 15 is 0 Å². The van der Waals surface area contributed by atoms with Crippen LogP contribution >= 0.6 is 0 Å². The van der Waals surface area contributed by atoms with Gasteiger partial charge >= 0.3 is 5.97 Å². The van der Waals surface area contributed by atoms with Crippen molar-refractivity contribution >= 4 is 5.97 Å². The normalized spacial score (nSPS) is 26.1. The van der Waals surface area contributed by atoms with Gasteiger partial charge in [0.1, 0.15) is 5.54 Å². The molecule has 1 heterocycles.